The molecular formula is C19H29NO2. The molecule has 0 radical (unpaired) electrons. The molecule has 1 N–H and O–H groups in total. The summed E-state index contributed by atoms with van der Waals surface area (Å²) < 4.78 is 0. The van der Waals surface area contributed by atoms with Crippen LogP contribution in [-0.4, -0.2) is 16.7 Å². The van der Waals surface area contributed by atoms with Crippen molar-refractivity contribution in [1.29, 1.82) is 0 Å². The average molecular weight is 303 g/mol. The Labute approximate surface area is 133 Å². The highest BCUT2D eigenvalue weighted by Crippen LogP contribution is 2.64. The van der Waals surface area contributed by atoms with E-state index in [0.717, 1.165) is 37.3 Å². The Morgan fingerprint density at radius 2 is 1.91 bits per heavy atom. The lowest BCUT2D eigenvalue weighted by Crippen LogP contribution is -2.55. The van der Waals surface area contributed by atoms with Crippen LogP contribution in [0.3, 0.4) is 0 Å². The molecule has 0 bridgehead atoms. The Bertz CT molecular complexity index is 528. The number of ketones is 1. The Balaban J connectivity index is 1.73. The number of carbonyl (C=O) groups is 1. The highest BCUT2D eigenvalue weighted by Gasteiger charge is 2.61. The number of rotatable bonds is 0. The van der Waals surface area contributed by atoms with Crippen molar-refractivity contribution in [2.75, 3.05) is 0 Å². The van der Waals surface area contributed by atoms with Crippen LogP contribution in [0.15, 0.2) is 5.16 Å². The fourth-order valence-corrected chi connectivity index (χ4v) is 7.01. The second-order valence-electron chi connectivity index (χ2n) is 8.89. The van der Waals surface area contributed by atoms with Crippen molar-refractivity contribution in [2.24, 2.45) is 39.7 Å². The molecule has 4 saturated carbocycles. The van der Waals surface area contributed by atoms with Crippen LogP contribution < -0.4 is 0 Å². The third-order valence-corrected chi connectivity index (χ3v) is 8.22. The Hall–Kier alpha value is -0.860. The Morgan fingerprint density at radius 3 is 2.68 bits per heavy atom. The van der Waals surface area contributed by atoms with Crippen molar-refractivity contribution >= 4 is 11.5 Å². The predicted molar refractivity (Wildman–Crippen MR) is 86.0 cm³/mol. The summed E-state index contributed by atoms with van der Waals surface area (Å²) in [6.07, 6.45) is 10.1. The number of carbonyl (C=O) groups excluding carboxylic acids is 1. The molecule has 4 aliphatic rings. The molecule has 0 heterocycles. The minimum Gasteiger partial charge on any atom is -0.411 e. The smallest absolute Gasteiger partial charge is 0.139 e. The summed E-state index contributed by atoms with van der Waals surface area (Å²) in [6.45, 7) is 4.67. The standard InChI is InChI=1S/C19H29NO2/c1-18-9-4-3-5-15(18)16(20-22)11-12-13-6-7-17(21)19(13,2)10-8-14(12)18/h12-15,22H,3-11H2,1-2H3/t12-,13-,14-,15+,18+,19-/m0/s1. The van der Waals surface area contributed by atoms with E-state index in [1.165, 1.54) is 32.1 Å². The zero-order chi connectivity index (χ0) is 15.5. The first-order chi connectivity index (χ1) is 10.5. The minimum atomic E-state index is -0.0837. The molecule has 0 spiro atoms. The molecule has 0 aromatic heterocycles. The van der Waals surface area contributed by atoms with Gasteiger partial charge in [0.05, 0.1) is 5.71 Å². The molecule has 0 aromatic carbocycles. The van der Waals surface area contributed by atoms with Crippen LogP contribution in [0.2, 0.25) is 0 Å². The largest absolute Gasteiger partial charge is 0.411 e. The van der Waals surface area contributed by atoms with Crippen molar-refractivity contribution in [2.45, 2.75) is 71.6 Å². The van der Waals surface area contributed by atoms with Crippen LogP contribution in [-0.2, 0) is 4.79 Å². The van der Waals surface area contributed by atoms with Crippen LogP contribution in [0.1, 0.15) is 71.6 Å². The molecule has 0 unspecified atom stereocenters. The van der Waals surface area contributed by atoms with E-state index in [4.69, 9.17) is 0 Å². The summed E-state index contributed by atoms with van der Waals surface area (Å²) in [7, 11) is 0. The summed E-state index contributed by atoms with van der Waals surface area (Å²) in [5.74, 6) is 2.79. The van der Waals surface area contributed by atoms with Crippen LogP contribution >= 0.6 is 0 Å². The summed E-state index contributed by atoms with van der Waals surface area (Å²) in [5, 5.41) is 13.4. The van der Waals surface area contributed by atoms with Crippen molar-refractivity contribution < 1.29 is 10.0 Å². The monoisotopic (exact) mass is 303 g/mol. The molecule has 0 aliphatic heterocycles. The van der Waals surface area contributed by atoms with Crippen LogP contribution in [0.25, 0.3) is 0 Å². The SMILES string of the molecule is C[C@]12CCCC[C@@H]1C(=NO)C[C@@H]1[C@@H]2CC[C@]2(C)C(=O)CC[C@@H]12. The zero-order valence-corrected chi connectivity index (χ0v) is 14.0. The predicted octanol–water partition coefficient (Wildman–Crippen LogP) is 4.43. The van der Waals surface area contributed by atoms with Crippen molar-refractivity contribution in [3.63, 3.8) is 0 Å². The first-order valence-corrected chi connectivity index (χ1v) is 9.25. The van der Waals surface area contributed by atoms with Crippen molar-refractivity contribution in [3.05, 3.63) is 0 Å². The normalized spacial score (nSPS) is 53.0. The first-order valence-electron chi connectivity index (χ1n) is 9.25. The molecule has 22 heavy (non-hydrogen) atoms. The molecule has 0 saturated heterocycles. The van der Waals surface area contributed by atoms with E-state index < -0.39 is 0 Å². The van der Waals surface area contributed by atoms with E-state index in [2.05, 4.69) is 19.0 Å². The van der Waals surface area contributed by atoms with E-state index in [9.17, 15) is 10.0 Å². The van der Waals surface area contributed by atoms with Gasteiger partial charge in [-0.15, -0.1) is 0 Å². The van der Waals surface area contributed by atoms with Crippen molar-refractivity contribution in [3.8, 4) is 0 Å². The molecule has 3 heteroatoms. The lowest BCUT2D eigenvalue weighted by Gasteiger charge is -2.59. The number of hydrogen-bond acceptors (Lipinski definition) is 3. The van der Waals surface area contributed by atoms with Gasteiger partial charge in [-0.3, -0.25) is 4.79 Å². The van der Waals surface area contributed by atoms with Gasteiger partial charge in [0.15, 0.2) is 0 Å². The van der Waals surface area contributed by atoms with Gasteiger partial charge in [-0.2, -0.15) is 0 Å². The van der Waals surface area contributed by atoms with Crippen LogP contribution in [0.4, 0.5) is 0 Å². The van der Waals surface area contributed by atoms with Crippen LogP contribution in [0, 0.1) is 34.5 Å². The van der Waals surface area contributed by atoms with E-state index >= 15 is 0 Å². The van der Waals surface area contributed by atoms with E-state index in [0.29, 0.717) is 29.0 Å². The third-order valence-electron chi connectivity index (χ3n) is 8.22. The Kier molecular flexibility index (Phi) is 3.22. The topological polar surface area (TPSA) is 49.7 Å². The first kappa shape index (κ1) is 14.7. The lowest BCUT2D eigenvalue weighted by molar-refractivity contribution is -0.133. The van der Waals surface area contributed by atoms with Crippen molar-refractivity contribution in [1.82, 2.24) is 0 Å². The van der Waals surface area contributed by atoms with E-state index in [-0.39, 0.29) is 5.41 Å². The number of oxime groups is 1. The van der Waals surface area contributed by atoms with Gasteiger partial charge in [0.1, 0.15) is 5.78 Å². The number of fused-ring (bicyclic) bond motifs is 5. The maximum absolute atomic E-state index is 12.4. The summed E-state index contributed by atoms with van der Waals surface area (Å²) in [4.78, 5) is 12.4. The summed E-state index contributed by atoms with van der Waals surface area (Å²) >= 11 is 0. The zero-order valence-electron chi connectivity index (χ0n) is 14.0. The molecule has 0 amide bonds. The molecule has 4 rings (SSSR count). The molecule has 6 atom stereocenters. The molecule has 122 valence electrons. The number of nitrogens with zero attached hydrogens (tertiary/aromatic N) is 1. The van der Waals surface area contributed by atoms with Gasteiger partial charge in [-0.05, 0) is 61.7 Å². The second-order valence-corrected chi connectivity index (χ2v) is 8.89. The molecular weight excluding hydrogens is 274 g/mol. The summed E-state index contributed by atoms with van der Waals surface area (Å²) in [6, 6.07) is 0. The lowest BCUT2D eigenvalue weighted by atomic mass is 9.45. The van der Waals surface area contributed by atoms with Gasteiger partial charge >= 0.3 is 0 Å². The fourth-order valence-electron chi connectivity index (χ4n) is 7.01. The van der Waals surface area contributed by atoms with Gasteiger partial charge in [-0.1, -0.05) is 31.8 Å². The van der Waals surface area contributed by atoms with Gasteiger partial charge < -0.3 is 5.21 Å². The average Bonchev–Trinajstić information content (AvgIpc) is 2.82. The highest BCUT2D eigenvalue weighted by molar-refractivity contribution is 5.90. The van der Waals surface area contributed by atoms with E-state index in [1.54, 1.807) is 0 Å². The second kappa shape index (κ2) is 4.82. The van der Waals surface area contributed by atoms with Gasteiger partial charge in [-0.25, -0.2) is 0 Å². The summed E-state index contributed by atoms with van der Waals surface area (Å²) in [5.41, 5.74) is 1.27. The van der Waals surface area contributed by atoms with Gasteiger partial charge in [0, 0.05) is 17.8 Å². The molecule has 3 nitrogen and oxygen atoms in total. The number of hydrogen-bond donors (Lipinski definition) is 1. The van der Waals surface area contributed by atoms with E-state index in [1.807, 2.05) is 0 Å². The molecule has 4 aliphatic carbocycles. The Morgan fingerprint density at radius 1 is 1.09 bits per heavy atom. The minimum absolute atomic E-state index is 0.0837. The molecule has 0 aromatic rings. The maximum Gasteiger partial charge on any atom is 0.139 e. The number of Topliss-reactive ketones (excluding diaryl/α,β-unsaturated/α-hetero) is 1. The highest BCUT2D eigenvalue weighted by atomic mass is 16.4. The third kappa shape index (κ3) is 1.74. The fraction of sp³-hybridized carbons (Fsp3) is 0.895. The van der Waals surface area contributed by atoms with Gasteiger partial charge in [0.2, 0.25) is 0 Å². The van der Waals surface area contributed by atoms with Crippen LogP contribution in [0.5, 0.6) is 0 Å². The van der Waals surface area contributed by atoms with Gasteiger partial charge in [0.25, 0.3) is 0 Å². The quantitative estimate of drug-likeness (QED) is 0.531. The maximum atomic E-state index is 12.4. The molecule has 4 fully saturated rings.